The fraction of sp³-hybridized carbons (Fsp3) is 0.318. The number of ether oxygens (including phenoxy) is 3. The van der Waals surface area contributed by atoms with E-state index in [-0.39, 0.29) is 11.6 Å². The highest BCUT2D eigenvalue weighted by Gasteiger charge is 2.34. The smallest absolute Gasteiger partial charge is 0.171 e. The second kappa shape index (κ2) is 8.52. The largest absolute Gasteiger partial charge is 0.497 e. The minimum Gasteiger partial charge on any atom is -0.497 e. The molecule has 0 aromatic heterocycles. The van der Waals surface area contributed by atoms with Crippen molar-refractivity contribution >= 4 is 23.0 Å². The average molecular weight is 399 g/mol. The Balaban J connectivity index is 1.74. The number of fused-ring (bicyclic) bond motifs is 1. The van der Waals surface area contributed by atoms with Crippen LogP contribution in [0.1, 0.15) is 31.9 Å². The van der Waals surface area contributed by atoms with Gasteiger partial charge in [-0.15, -0.1) is 0 Å². The highest BCUT2D eigenvalue weighted by molar-refractivity contribution is 7.80. The van der Waals surface area contributed by atoms with Crippen LogP contribution in [0.2, 0.25) is 0 Å². The fourth-order valence-corrected chi connectivity index (χ4v) is 3.49. The molecule has 28 heavy (non-hydrogen) atoms. The van der Waals surface area contributed by atoms with E-state index in [2.05, 4.69) is 31.1 Å². The first-order valence-corrected chi connectivity index (χ1v) is 9.59. The third-order valence-electron chi connectivity index (χ3n) is 4.44. The molecule has 2 N–H and O–H groups in total. The molecular formula is C22H26N2O3S. The third-order valence-corrected chi connectivity index (χ3v) is 4.66. The highest BCUT2D eigenvalue weighted by Crippen LogP contribution is 2.41. The SMILES string of the molecule is C=CCOc1cccc(NC(=S)NC2CC(C)(C)Oc3ccc(OC)cc32)c1. The third kappa shape index (κ3) is 4.95. The number of hydrogen-bond acceptors (Lipinski definition) is 4. The molecule has 5 nitrogen and oxygen atoms in total. The zero-order chi connectivity index (χ0) is 20.1. The Kier molecular flexibility index (Phi) is 6.09. The molecule has 0 radical (unpaired) electrons. The van der Waals surface area contributed by atoms with Crippen molar-refractivity contribution < 1.29 is 14.2 Å². The van der Waals surface area contributed by atoms with Gasteiger partial charge in [0.05, 0.1) is 13.2 Å². The van der Waals surface area contributed by atoms with E-state index in [9.17, 15) is 0 Å². The normalized spacial score (nSPS) is 16.9. The average Bonchev–Trinajstić information content (AvgIpc) is 2.65. The first-order chi connectivity index (χ1) is 13.4. The molecule has 2 aromatic carbocycles. The molecule has 1 heterocycles. The summed E-state index contributed by atoms with van der Waals surface area (Å²) in [4.78, 5) is 0. The summed E-state index contributed by atoms with van der Waals surface area (Å²) in [6.07, 6.45) is 2.49. The number of rotatable bonds is 6. The number of anilines is 1. The van der Waals surface area contributed by atoms with Gasteiger partial charge in [-0.05, 0) is 56.4 Å². The molecular weight excluding hydrogens is 372 g/mol. The summed E-state index contributed by atoms with van der Waals surface area (Å²) in [5.74, 6) is 2.40. The van der Waals surface area contributed by atoms with Crippen molar-refractivity contribution in [3.63, 3.8) is 0 Å². The predicted molar refractivity (Wildman–Crippen MR) is 117 cm³/mol. The molecule has 2 aromatic rings. The fourth-order valence-electron chi connectivity index (χ4n) is 3.23. The van der Waals surface area contributed by atoms with Gasteiger partial charge in [-0.3, -0.25) is 0 Å². The summed E-state index contributed by atoms with van der Waals surface area (Å²) in [6.45, 7) is 8.27. The van der Waals surface area contributed by atoms with E-state index in [1.807, 2.05) is 42.5 Å². The van der Waals surface area contributed by atoms with Gasteiger partial charge in [-0.1, -0.05) is 18.7 Å². The van der Waals surface area contributed by atoms with Crippen molar-refractivity contribution in [2.75, 3.05) is 19.0 Å². The summed E-state index contributed by atoms with van der Waals surface area (Å²) in [5.41, 5.74) is 1.59. The van der Waals surface area contributed by atoms with Crippen molar-refractivity contribution in [3.05, 3.63) is 60.7 Å². The minimum atomic E-state index is -0.298. The van der Waals surface area contributed by atoms with Crippen LogP contribution in [0.4, 0.5) is 5.69 Å². The topological polar surface area (TPSA) is 51.8 Å². The molecule has 1 aliphatic rings. The quantitative estimate of drug-likeness (QED) is 0.536. The number of nitrogens with one attached hydrogen (secondary N) is 2. The van der Waals surface area contributed by atoms with E-state index >= 15 is 0 Å². The van der Waals surface area contributed by atoms with Gasteiger partial charge < -0.3 is 24.8 Å². The second-order valence-corrected chi connectivity index (χ2v) is 7.66. The van der Waals surface area contributed by atoms with Crippen molar-refractivity contribution in [1.82, 2.24) is 5.32 Å². The van der Waals surface area contributed by atoms with E-state index < -0.39 is 0 Å². The van der Waals surface area contributed by atoms with Gasteiger partial charge in [0.2, 0.25) is 0 Å². The molecule has 6 heteroatoms. The van der Waals surface area contributed by atoms with Crippen LogP contribution >= 0.6 is 12.2 Å². The van der Waals surface area contributed by atoms with Crippen LogP contribution in [0.25, 0.3) is 0 Å². The Hall–Kier alpha value is -2.73. The Morgan fingerprint density at radius 1 is 1.29 bits per heavy atom. The van der Waals surface area contributed by atoms with Crippen LogP contribution < -0.4 is 24.8 Å². The Labute approximate surface area is 171 Å². The molecule has 0 aliphatic carbocycles. The Morgan fingerprint density at radius 2 is 2.11 bits per heavy atom. The van der Waals surface area contributed by atoms with Gasteiger partial charge in [0.15, 0.2) is 5.11 Å². The molecule has 1 aliphatic heterocycles. The van der Waals surface area contributed by atoms with Crippen LogP contribution in [0.3, 0.4) is 0 Å². The Morgan fingerprint density at radius 3 is 2.86 bits per heavy atom. The lowest BCUT2D eigenvalue weighted by Crippen LogP contribution is -2.42. The summed E-state index contributed by atoms with van der Waals surface area (Å²) in [5, 5.41) is 7.20. The maximum atomic E-state index is 6.12. The van der Waals surface area contributed by atoms with Crippen LogP contribution in [0.15, 0.2) is 55.1 Å². The summed E-state index contributed by atoms with van der Waals surface area (Å²) < 4.78 is 17.1. The van der Waals surface area contributed by atoms with Crippen LogP contribution in [0.5, 0.6) is 17.2 Å². The number of thiocarbonyl (C=S) groups is 1. The lowest BCUT2D eigenvalue weighted by molar-refractivity contribution is 0.0695. The standard InChI is InChI=1S/C22H26N2O3S/c1-5-11-26-17-8-6-7-15(12-17)23-21(28)24-19-14-22(2,3)27-20-10-9-16(25-4)13-18(19)20/h5-10,12-13,19H,1,11,14H2,2-4H3,(H2,23,24,28). The summed E-state index contributed by atoms with van der Waals surface area (Å²) in [7, 11) is 1.66. The first-order valence-electron chi connectivity index (χ1n) is 9.18. The molecule has 0 saturated carbocycles. The molecule has 0 spiro atoms. The molecule has 0 amide bonds. The lowest BCUT2D eigenvalue weighted by Gasteiger charge is -2.38. The van der Waals surface area contributed by atoms with Gasteiger partial charge >= 0.3 is 0 Å². The number of benzene rings is 2. The predicted octanol–water partition coefficient (Wildman–Crippen LogP) is 4.85. The molecule has 0 bridgehead atoms. The summed E-state index contributed by atoms with van der Waals surface area (Å²) in [6, 6.07) is 13.5. The van der Waals surface area contributed by atoms with Gasteiger partial charge in [-0.2, -0.15) is 0 Å². The van der Waals surface area contributed by atoms with Gasteiger partial charge in [0.1, 0.15) is 29.5 Å². The van der Waals surface area contributed by atoms with E-state index in [0.29, 0.717) is 11.7 Å². The lowest BCUT2D eigenvalue weighted by atomic mass is 9.89. The molecule has 1 atom stereocenters. The monoisotopic (exact) mass is 398 g/mol. The zero-order valence-corrected chi connectivity index (χ0v) is 17.3. The molecule has 3 rings (SSSR count). The van der Waals surface area contributed by atoms with E-state index in [1.165, 1.54) is 0 Å². The van der Waals surface area contributed by atoms with Crippen molar-refractivity contribution in [3.8, 4) is 17.2 Å². The van der Waals surface area contributed by atoms with Crippen LogP contribution in [-0.2, 0) is 0 Å². The number of methoxy groups -OCH3 is 1. The molecule has 0 fully saturated rings. The summed E-state index contributed by atoms with van der Waals surface area (Å²) >= 11 is 5.56. The van der Waals surface area contributed by atoms with E-state index in [4.69, 9.17) is 26.4 Å². The van der Waals surface area contributed by atoms with Gasteiger partial charge in [-0.25, -0.2) is 0 Å². The zero-order valence-electron chi connectivity index (χ0n) is 16.5. The first kappa shape index (κ1) is 20.0. The van der Waals surface area contributed by atoms with Crippen LogP contribution in [-0.4, -0.2) is 24.4 Å². The Bertz CT molecular complexity index is 867. The number of hydrogen-bond donors (Lipinski definition) is 2. The van der Waals surface area contributed by atoms with Gasteiger partial charge in [0, 0.05) is 23.7 Å². The van der Waals surface area contributed by atoms with Crippen molar-refractivity contribution in [2.45, 2.75) is 31.9 Å². The highest BCUT2D eigenvalue weighted by atomic mass is 32.1. The molecule has 1 unspecified atom stereocenters. The minimum absolute atomic E-state index is 0.00838. The maximum Gasteiger partial charge on any atom is 0.171 e. The molecule has 148 valence electrons. The van der Waals surface area contributed by atoms with Crippen molar-refractivity contribution in [2.24, 2.45) is 0 Å². The molecule has 0 saturated heterocycles. The van der Waals surface area contributed by atoms with Crippen molar-refractivity contribution in [1.29, 1.82) is 0 Å². The maximum absolute atomic E-state index is 6.12. The second-order valence-electron chi connectivity index (χ2n) is 7.25. The van der Waals surface area contributed by atoms with E-state index in [0.717, 1.165) is 34.9 Å². The van der Waals surface area contributed by atoms with Gasteiger partial charge in [0.25, 0.3) is 0 Å². The van der Waals surface area contributed by atoms with E-state index in [1.54, 1.807) is 13.2 Å². The van der Waals surface area contributed by atoms with Crippen LogP contribution in [0, 0.1) is 0 Å².